The van der Waals surface area contributed by atoms with Crippen LogP contribution in [0, 0.1) is 23.1 Å². The number of nitrogens with one attached hydrogen (secondary N) is 1. The summed E-state index contributed by atoms with van der Waals surface area (Å²) in [4.78, 5) is 24.7. The number of benzene rings is 1. The summed E-state index contributed by atoms with van der Waals surface area (Å²) in [6.07, 6.45) is 5.32. The third-order valence-electron chi connectivity index (χ3n) is 5.08. The van der Waals surface area contributed by atoms with Crippen molar-refractivity contribution in [3.63, 3.8) is 0 Å². The van der Waals surface area contributed by atoms with Gasteiger partial charge in [0.05, 0.1) is 11.6 Å². The number of ketones is 1. The number of hydrogen-bond donors (Lipinski definition) is 1. The van der Waals surface area contributed by atoms with Crippen molar-refractivity contribution < 1.29 is 18.4 Å². The predicted octanol–water partition coefficient (Wildman–Crippen LogP) is 4.18. The molecule has 1 N–H and O–H groups in total. The van der Waals surface area contributed by atoms with Gasteiger partial charge in [-0.1, -0.05) is 31.4 Å². The van der Waals surface area contributed by atoms with E-state index in [9.17, 15) is 19.2 Å². The van der Waals surface area contributed by atoms with E-state index in [1.54, 1.807) is 30.3 Å². The predicted molar refractivity (Wildman–Crippen MR) is 102 cm³/mol. The van der Waals surface area contributed by atoms with Gasteiger partial charge in [-0.15, -0.1) is 0 Å². The van der Waals surface area contributed by atoms with E-state index in [1.807, 2.05) is 6.07 Å². The monoisotopic (exact) mass is 382 g/mol. The Hall–Kier alpha value is -2.94. The van der Waals surface area contributed by atoms with E-state index in [4.69, 9.17) is 4.42 Å². The zero-order chi connectivity index (χ0) is 19.9. The summed E-state index contributed by atoms with van der Waals surface area (Å²) in [6, 6.07) is 11.5. The smallest absolute Gasteiger partial charge is 0.245 e. The van der Waals surface area contributed by atoms with Gasteiger partial charge >= 0.3 is 0 Å². The fourth-order valence-electron chi connectivity index (χ4n) is 3.52. The van der Waals surface area contributed by atoms with Gasteiger partial charge in [-0.2, -0.15) is 5.26 Å². The second-order valence-corrected chi connectivity index (χ2v) is 7.12. The summed E-state index contributed by atoms with van der Waals surface area (Å²) >= 11 is 0. The highest BCUT2D eigenvalue weighted by molar-refractivity contribution is 6.04. The first kappa shape index (κ1) is 19.8. The topological polar surface area (TPSA) is 83.1 Å². The maximum atomic E-state index is 13.8. The molecule has 1 amide bonds. The third kappa shape index (κ3) is 4.86. The van der Waals surface area contributed by atoms with Crippen LogP contribution in [0.2, 0.25) is 0 Å². The van der Waals surface area contributed by atoms with Crippen molar-refractivity contribution in [2.75, 3.05) is 0 Å². The number of carbonyl (C=O) groups is 2. The van der Waals surface area contributed by atoms with Crippen LogP contribution in [0.4, 0.5) is 4.39 Å². The van der Waals surface area contributed by atoms with Crippen LogP contribution >= 0.6 is 0 Å². The lowest BCUT2D eigenvalue weighted by Crippen LogP contribution is -2.42. The molecule has 1 aliphatic rings. The Kier molecular flexibility index (Phi) is 6.59. The molecule has 1 atom stereocenters. The van der Waals surface area contributed by atoms with Crippen LogP contribution < -0.4 is 5.32 Å². The molecule has 0 saturated heterocycles. The van der Waals surface area contributed by atoms with Crippen LogP contribution in [0.25, 0.3) is 11.3 Å². The van der Waals surface area contributed by atoms with E-state index in [0.717, 1.165) is 32.1 Å². The lowest BCUT2D eigenvalue weighted by molar-refractivity contribution is -0.132. The number of aryl methyl sites for hydroxylation is 1. The van der Waals surface area contributed by atoms with Gasteiger partial charge in [0.2, 0.25) is 5.91 Å². The Morgan fingerprint density at radius 2 is 1.93 bits per heavy atom. The molecule has 6 heteroatoms. The molecule has 1 aliphatic carbocycles. The van der Waals surface area contributed by atoms with Crippen LogP contribution in [-0.4, -0.2) is 17.7 Å². The second kappa shape index (κ2) is 9.32. The summed E-state index contributed by atoms with van der Waals surface area (Å²) in [5.74, 6) is -1.74. The first-order chi connectivity index (χ1) is 13.6. The van der Waals surface area contributed by atoms with Crippen molar-refractivity contribution >= 4 is 11.7 Å². The molecule has 3 rings (SSSR count). The Morgan fingerprint density at radius 3 is 2.64 bits per heavy atom. The summed E-state index contributed by atoms with van der Waals surface area (Å²) in [5.41, 5.74) is 0.349. The lowest BCUT2D eigenvalue weighted by Gasteiger charge is -2.23. The van der Waals surface area contributed by atoms with Crippen molar-refractivity contribution in [3.8, 4) is 17.4 Å². The highest BCUT2D eigenvalue weighted by Crippen LogP contribution is 2.25. The Bertz CT molecular complexity index is 878. The van der Waals surface area contributed by atoms with E-state index in [-0.39, 0.29) is 24.7 Å². The number of furan rings is 1. The number of nitrogens with zero attached hydrogens (tertiary/aromatic N) is 1. The van der Waals surface area contributed by atoms with E-state index in [2.05, 4.69) is 5.32 Å². The van der Waals surface area contributed by atoms with Crippen LogP contribution in [-0.2, 0) is 16.0 Å². The fraction of sp³-hybridized carbons (Fsp3) is 0.409. The number of Topliss-reactive ketones (excluding diaryl/α,β-unsaturated/α-hetero) is 1. The summed E-state index contributed by atoms with van der Waals surface area (Å²) in [6.45, 7) is 0. The maximum Gasteiger partial charge on any atom is 0.245 e. The maximum absolute atomic E-state index is 13.8. The number of carbonyl (C=O) groups excluding carboxylic acids is 2. The van der Waals surface area contributed by atoms with Gasteiger partial charge in [0.1, 0.15) is 17.3 Å². The SMILES string of the molecule is N#CC(C(=O)CCc1ccc(-c2ccccc2F)o1)C(=O)NC1CCCCC1. The largest absolute Gasteiger partial charge is 0.461 e. The van der Waals surface area contributed by atoms with Gasteiger partial charge in [0.25, 0.3) is 0 Å². The first-order valence-electron chi connectivity index (χ1n) is 9.65. The quantitative estimate of drug-likeness (QED) is 0.728. The van der Waals surface area contributed by atoms with Crippen molar-refractivity contribution in [2.24, 2.45) is 5.92 Å². The van der Waals surface area contributed by atoms with Crippen molar-refractivity contribution in [3.05, 3.63) is 48.0 Å². The second-order valence-electron chi connectivity index (χ2n) is 7.12. The molecule has 1 aromatic carbocycles. The van der Waals surface area contributed by atoms with Crippen LogP contribution in [0.5, 0.6) is 0 Å². The molecule has 0 spiro atoms. The molecule has 0 radical (unpaired) electrons. The van der Waals surface area contributed by atoms with Crippen molar-refractivity contribution in [2.45, 2.75) is 51.0 Å². The molecular weight excluding hydrogens is 359 g/mol. The van der Waals surface area contributed by atoms with Gasteiger partial charge in [-0.3, -0.25) is 9.59 Å². The first-order valence-corrected chi connectivity index (χ1v) is 9.65. The summed E-state index contributed by atoms with van der Waals surface area (Å²) in [5, 5.41) is 12.1. The van der Waals surface area contributed by atoms with E-state index >= 15 is 0 Å². The van der Waals surface area contributed by atoms with Gasteiger partial charge < -0.3 is 9.73 Å². The molecule has 1 aromatic heterocycles. The summed E-state index contributed by atoms with van der Waals surface area (Å²) < 4.78 is 19.5. The average molecular weight is 382 g/mol. The molecule has 0 aliphatic heterocycles. The summed E-state index contributed by atoms with van der Waals surface area (Å²) in [7, 11) is 0. The third-order valence-corrected chi connectivity index (χ3v) is 5.08. The molecule has 1 unspecified atom stereocenters. The zero-order valence-corrected chi connectivity index (χ0v) is 15.6. The van der Waals surface area contributed by atoms with Crippen molar-refractivity contribution in [1.82, 2.24) is 5.32 Å². The molecule has 1 heterocycles. The molecule has 1 fully saturated rings. The number of hydrogen-bond acceptors (Lipinski definition) is 4. The minimum absolute atomic E-state index is 0.0144. The fourth-order valence-corrected chi connectivity index (χ4v) is 3.52. The minimum atomic E-state index is -1.30. The molecule has 28 heavy (non-hydrogen) atoms. The van der Waals surface area contributed by atoms with Gasteiger partial charge in [0, 0.05) is 18.9 Å². The van der Waals surface area contributed by atoms with Gasteiger partial charge in [-0.05, 0) is 37.1 Å². The zero-order valence-electron chi connectivity index (χ0n) is 15.6. The van der Waals surface area contributed by atoms with E-state index < -0.39 is 17.6 Å². The molecule has 2 aromatic rings. The van der Waals surface area contributed by atoms with E-state index in [1.165, 1.54) is 6.07 Å². The van der Waals surface area contributed by atoms with Gasteiger partial charge in [0.15, 0.2) is 11.7 Å². The van der Waals surface area contributed by atoms with Crippen molar-refractivity contribution in [1.29, 1.82) is 5.26 Å². The highest BCUT2D eigenvalue weighted by atomic mass is 19.1. The van der Waals surface area contributed by atoms with Gasteiger partial charge in [-0.25, -0.2) is 4.39 Å². The van der Waals surface area contributed by atoms with E-state index in [0.29, 0.717) is 17.1 Å². The highest BCUT2D eigenvalue weighted by Gasteiger charge is 2.28. The minimum Gasteiger partial charge on any atom is -0.461 e. The number of halogens is 1. The Balaban J connectivity index is 1.56. The Morgan fingerprint density at radius 1 is 1.18 bits per heavy atom. The molecule has 5 nitrogen and oxygen atoms in total. The van der Waals surface area contributed by atoms with Crippen LogP contribution in [0.15, 0.2) is 40.8 Å². The van der Waals surface area contributed by atoms with Crippen LogP contribution in [0.1, 0.15) is 44.3 Å². The molecule has 1 saturated carbocycles. The normalized spacial score (nSPS) is 15.6. The molecule has 0 bridgehead atoms. The lowest BCUT2D eigenvalue weighted by atomic mass is 9.94. The number of rotatable bonds is 7. The standard InChI is InChI=1S/C22H23FN2O3/c23-19-9-5-4-8-17(19)21-13-11-16(28-21)10-12-20(26)18(14-24)22(27)25-15-6-2-1-3-7-15/h4-5,8-9,11,13,15,18H,1-3,6-7,10,12H2,(H,25,27). The number of amides is 1. The average Bonchev–Trinajstić information content (AvgIpc) is 3.17. The molecule has 146 valence electrons. The molecular formula is C22H23FN2O3. The van der Waals surface area contributed by atoms with Crippen LogP contribution in [0.3, 0.4) is 0 Å². The Labute approximate surface area is 163 Å². The number of nitriles is 1.